The van der Waals surface area contributed by atoms with Gasteiger partial charge in [-0.2, -0.15) is 14.4 Å². The number of nitrogens with two attached hydrogens (primary N) is 1. The van der Waals surface area contributed by atoms with E-state index in [1.165, 1.54) is 11.8 Å². The van der Waals surface area contributed by atoms with Crippen LogP contribution >= 0.6 is 11.8 Å². The molecule has 2 amide bonds. The zero-order valence-corrected chi connectivity index (χ0v) is 24.7. The quantitative estimate of drug-likeness (QED) is 0.423. The maximum atomic E-state index is 13.4. The maximum absolute atomic E-state index is 13.4. The normalized spacial score (nSPS) is 19.8. The minimum absolute atomic E-state index is 0.153. The van der Waals surface area contributed by atoms with E-state index < -0.39 is 10.0 Å². The molecule has 2 N–H and O–H groups in total. The van der Waals surface area contributed by atoms with Crippen molar-refractivity contribution in [2.24, 2.45) is 16.6 Å². The first kappa shape index (κ1) is 28.4. The number of likely N-dealkylation sites (tertiary alicyclic amines) is 1. The molecule has 1 aromatic heterocycles. The summed E-state index contributed by atoms with van der Waals surface area (Å²) in [7, 11) is -3.64. The van der Waals surface area contributed by atoms with Crippen molar-refractivity contribution in [1.82, 2.24) is 19.0 Å². The van der Waals surface area contributed by atoms with Crippen molar-refractivity contribution in [3.05, 3.63) is 71.3 Å². The summed E-state index contributed by atoms with van der Waals surface area (Å²) in [6, 6.07) is 16.5. The number of rotatable bonds is 6. The predicted molar refractivity (Wildman–Crippen MR) is 163 cm³/mol. The molecule has 0 bridgehead atoms. The van der Waals surface area contributed by atoms with E-state index in [0.29, 0.717) is 65.9 Å². The molecule has 2 saturated heterocycles. The van der Waals surface area contributed by atoms with E-state index in [1.807, 2.05) is 47.5 Å². The van der Waals surface area contributed by atoms with Gasteiger partial charge in [-0.3, -0.25) is 9.59 Å². The summed E-state index contributed by atoms with van der Waals surface area (Å²) in [4.78, 5) is 31.6. The van der Waals surface area contributed by atoms with Crippen LogP contribution in [0.3, 0.4) is 0 Å². The van der Waals surface area contributed by atoms with Gasteiger partial charge in [0.05, 0.1) is 15.5 Å². The van der Waals surface area contributed by atoms with E-state index in [0.717, 1.165) is 24.9 Å². The van der Waals surface area contributed by atoms with Gasteiger partial charge in [0.1, 0.15) is 5.69 Å². The standard InChI is InChI=1S/C30H32N6O4S2/c31-28(37)21-12-16-34(17-13-21)30-32-29(38)26(41-30)19-23-20-36(24-9-3-1-4-10-24)33-27(23)22-8-7-11-25(18-22)42(39,40)35-14-5-2-6-15-35/h1,3-4,7-11,18-21H,2,5-6,12-17H2,(H2,31,37). The highest BCUT2D eigenvalue weighted by Gasteiger charge is 2.31. The molecule has 2 fully saturated rings. The second-order valence-corrected chi connectivity index (χ2v) is 13.6. The highest BCUT2D eigenvalue weighted by Crippen LogP contribution is 2.35. The van der Waals surface area contributed by atoms with Crippen LogP contribution in [0.4, 0.5) is 0 Å². The fourth-order valence-corrected chi connectivity index (χ4v) is 8.04. The third-order valence-corrected chi connectivity index (χ3v) is 10.8. The molecule has 0 radical (unpaired) electrons. The van der Waals surface area contributed by atoms with Crippen molar-refractivity contribution in [3.8, 4) is 16.9 Å². The molecule has 3 aromatic rings. The molecule has 0 atom stereocenters. The number of amides is 2. The van der Waals surface area contributed by atoms with Crippen molar-refractivity contribution < 1.29 is 18.0 Å². The SMILES string of the molecule is NC(=O)C1CCN(C2=NC(=O)C(=Cc3cn(-c4ccccc4)nc3-c3cccc(S(=O)(=O)N4CCCCC4)c3)S2)CC1. The summed E-state index contributed by atoms with van der Waals surface area (Å²) in [6.07, 6.45) is 7.63. The third-order valence-electron chi connectivity index (χ3n) is 7.89. The van der Waals surface area contributed by atoms with Crippen LogP contribution < -0.4 is 5.73 Å². The van der Waals surface area contributed by atoms with E-state index in [9.17, 15) is 18.0 Å². The molecule has 2 aromatic carbocycles. The topological polar surface area (TPSA) is 131 Å². The van der Waals surface area contributed by atoms with Crippen molar-refractivity contribution >= 4 is 44.8 Å². The molecule has 6 rings (SSSR count). The Bertz CT molecular complexity index is 1670. The lowest BCUT2D eigenvalue weighted by Crippen LogP contribution is -2.40. The summed E-state index contributed by atoms with van der Waals surface area (Å²) in [6.45, 7) is 2.26. The smallest absolute Gasteiger partial charge is 0.286 e. The monoisotopic (exact) mass is 604 g/mol. The third kappa shape index (κ3) is 5.79. The number of benzene rings is 2. The van der Waals surface area contributed by atoms with Gasteiger partial charge in [-0.05, 0) is 67.8 Å². The zero-order chi connectivity index (χ0) is 29.3. The number of thioether (sulfide) groups is 1. The summed E-state index contributed by atoms with van der Waals surface area (Å²) in [5, 5.41) is 5.45. The Morgan fingerprint density at radius 1 is 0.976 bits per heavy atom. The van der Waals surface area contributed by atoms with E-state index >= 15 is 0 Å². The minimum atomic E-state index is -3.64. The molecule has 42 heavy (non-hydrogen) atoms. The van der Waals surface area contributed by atoms with Gasteiger partial charge < -0.3 is 10.6 Å². The number of carbonyl (C=O) groups is 2. The van der Waals surface area contributed by atoms with Gasteiger partial charge >= 0.3 is 0 Å². The number of para-hydroxylation sites is 1. The molecular weight excluding hydrogens is 573 g/mol. The molecule has 0 unspecified atom stereocenters. The van der Waals surface area contributed by atoms with Crippen LogP contribution in [0.25, 0.3) is 23.0 Å². The number of sulfonamides is 1. The number of carbonyl (C=O) groups excluding carboxylic acids is 2. The summed E-state index contributed by atoms with van der Waals surface area (Å²) >= 11 is 1.30. The summed E-state index contributed by atoms with van der Waals surface area (Å²) < 4.78 is 30.2. The highest BCUT2D eigenvalue weighted by atomic mass is 32.2. The number of aliphatic imine (C=N–C) groups is 1. The summed E-state index contributed by atoms with van der Waals surface area (Å²) in [5.41, 5.74) is 8.18. The van der Waals surface area contributed by atoms with Crippen LogP contribution in [0.5, 0.6) is 0 Å². The molecule has 0 aliphatic carbocycles. The molecule has 0 spiro atoms. The number of primary amides is 1. The molecule has 12 heteroatoms. The molecular formula is C30H32N6O4S2. The first-order valence-corrected chi connectivity index (χ1v) is 16.4. The van der Waals surface area contributed by atoms with Gasteiger partial charge in [-0.1, -0.05) is 36.8 Å². The Hall–Kier alpha value is -3.74. The fraction of sp³-hybridized carbons (Fsp3) is 0.333. The van der Waals surface area contributed by atoms with Crippen molar-refractivity contribution in [1.29, 1.82) is 0 Å². The molecule has 3 aliphatic heterocycles. The minimum Gasteiger partial charge on any atom is -0.369 e. The zero-order valence-electron chi connectivity index (χ0n) is 23.1. The molecule has 218 valence electrons. The largest absolute Gasteiger partial charge is 0.369 e. The van der Waals surface area contributed by atoms with Crippen LogP contribution in [-0.2, 0) is 19.6 Å². The maximum Gasteiger partial charge on any atom is 0.286 e. The number of piperidine rings is 2. The number of nitrogens with zero attached hydrogens (tertiary/aromatic N) is 5. The Balaban J connectivity index is 1.33. The Kier molecular flexibility index (Phi) is 8.02. The van der Waals surface area contributed by atoms with Crippen molar-refractivity contribution in [2.45, 2.75) is 37.0 Å². The van der Waals surface area contributed by atoms with Crippen molar-refractivity contribution in [3.63, 3.8) is 0 Å². The van der Waals surface area contributed by atoms with Gasteiger partial charge in [-0.15, -0.1) is 0 Å². The average molecular weight is 605 g/mol. The van der Waals surface area contributed by atoms with Gasteiger partial charge in [0, 0.05) is 49.4 Å². The molecule has 0 saturated carbocycles. The Morgan fingerprint density at radius 3 is 2.43 bits per heavy atom. The number of hydrogen-bond donors (Lipinski definition) is 1. The van der Waals surface area contributed by atoms with E-state index in [4.69, 9.17) is 10.8 Å². The Labute approximate surface area is 249 Å². The number of aromatic nitrogens is 2. The average Bonchev–Trinajstić information content (AvgIpc) is 3.61. The van der Waals surface area contributed by atoms with Gasteiger partial charge in [0.15, 0.2) is 5.17 Å². The van der Waals surface area contributed by atoms with Crippen molar-refractivity contribution in [2.75, 3.05) is 26.2 Å². The number of hydrogen-bond acceptors (Lipinski definition) is 7. The van der Waals surface area contributed by atoms with Gasteiger partial charge in [0.2, 0.25) is 15.9 Å². The summed E-state index contributed by atoms with van der Waals surface area (Å²) in [5.74, 6) is -0.783. The Morgan fingerprint density at radius 2 is 1.71 bits per heavy atom. The lowest BCUT2D eigenvalue weighted by Gasteiger charge is -2.31. The van der Waals surface area contributed by atoms with Gasteiger partial charge in [-0.25, -0.2) is 13.1 Å². The molecule has 3 aliphatic rings. The van der Waals surface area contributed by atoms with Crippen LogP contribution in [0, 0.1) is 5.92 Å². The second-order valence-electron chi connectivity index (χ2n) is 10.7. The first-order chi connectivity index (χ1) is 20.3. The van der Waals surface area contributed by atoms with E-state index in [2.05, 4.69) is 4.99 Å². The lowest BCUT2D eigenvalue weighted by atomic mass is 9.97. The molecule has 10 nitrogen and oxygen atoms in total. The van der Waals surface area contributed by atoms with Crippen LogP contribution in [-0.4, -0.2) is 70.6 Å². The lowest BCUT2D eigenvalue weighted by molar-refractivity contribution is -0.123. The van der Waals surface area contributed by atoms with Crippen LogP contribution in [0.2, 0.25) is 0 Å². The number of amidine groups is 1. The van der Waals surface area contributed by atoms with Crippen LogP contribution in [0.15, 0.2) is 75.6 Å². The van der Waals surface area contributed by atoms with Crippen LogP contribution in [0.1, 0.15) is 37.7 Å². The van der Waals surface area contributed by atoms with E-state index in [1.54, 1.807) is 33.3 Å². The predicted octanol–water partition coefficient (Wildman–Crippen LogP) is 3.88. The second kappa shape index (κ2) is 11.9. The fourth-order valence-electron chi connectivity index (χ4n) is 5.52. The molecule has 4 heterocycles. The van der Waals surface area contributed by atoms with Gasteiger partial charge in [0.25, 0.3) is 5.91 Å². The highest BCUT2D eigenvalue weighted by molar-refractivity contribution is 8.18. The van der Waals surface area contributed by atoms with E-state index in [-0.39, 0.29) is 22.6 Å². The first-order valence-electron chi connectivity index (χ1n) is 14.1.